The SMILES string of the molecule is CC(=O)SC[C@H](Cc1ccc2c(c1)OCO2)C(=O)NCC(=O)OCc1ccccc1. The lowest BCUT2D eigenvalue weighted by molar-refractivity contribution is -0.145. The van der Waals surface area contributed by atoms with Crippen LogP contribution in [-0.2, 0) is 32.1 Å². The summed E-state index contributed by atoms with van der Waals surface area (Å²) in [5.74, 6) is 0.302. The molecule has 7 nitrogen and oxygen atoms in total. The standard InChI is InChI=1S/C22H23NO6S/c1-15(24)30-13-18(9-17-7-8-19-20(10-17)29-14-28-19)22(26)23-11-21(25)27-12-16-5-3-2-4-6-16/h2-8,10,18H,9,11-14H2,1H3,(H,23,26)/t18-/m0/s1. The van der Waals surface area contributed by atoms with E-state index >= 15 is 0 Å². The predicted octanol–water partition coefficient (Wildman–Crippen LogP) is 2.71. The maximum absolute atomic E-state index is 12.7. The number of benzene rings is 2. The number of rotatable bonds is 9. The Bertz CT molecular complexity index is 902. The van der Waals surface area contributed by atoms with E-state index in [0.717, 1.165) is 22.9 Å². The van der Waals surface area contributed by atoms with E-state index in [9.17, 15) is 14.4 Å². The summed E-state index contributed by atoms with van der Waals surface area (Å²) in [5, 5.41) is 2.55. The number of thioether (sulfide) groups is 1. The van der Waals surface area contributed by atoms with Crippen LogP contribution >= 0.6 is 11.8 Å². The Balaban J connectivity index is 1.53. The van der Waals surface area contributed by atoms with Crippen molar-refractivity contribution < 1.29 is 28.6 Å². The summed E-state index contributed by atoms with van der Waals surface area (Å²) in [4.78, 5) is 36.0. The van der Waals surface area contributed by atoms with Gasteiger partial charge < -0.3 is 19.5 Å². The molecular weight excluding hydrogens is 406 g/mol. The molecule has 2 aromatic carbocycles. The Morgan fingerprint density at radius 3 is 2.60 bits per heavy atom. The molecule has 1 aliphatic heterocycles. The Kier molecular flexibility index (Phi) is 7.73. The normalized spacial score (nSPS) is 12.8. The number of carbonyl (C=O) groups is 3. The van der Waals surface area contributed by atoms with Crippen LogP contribution in [0.4, 0.5) is 0 Å². The average molecular weight is 429 g/mol. The molecule has 1 amide bonds. The van der Waals surface area contributed by atoms with Gasteiger partial charge in [-0.25, -0.2) is 0 Å². The number of carbonyl (C=O) groups excluding carboxylic acids is 3. The maximum atomic E-state index is 12.7. The highest BCUT2D eigenvalue weighted by atomic mass is 32.2. The molecule has 0 unspecified atom stereocenters. The van der Waals surface area contributed by atoms with Crippen LogP contribution in [0.3, 0.4) is 0 Å². The van der Waals surface area contributed by atoms with E-state index in [1.807, 2.05) is 42.5 Å². The van der Waals surface area contributed by atoms with Gasteiger partial charge in [0.25, 0.3) is 0 Å². The zero-order valence-corrected chi connectivity index (χ0v) is 17.4. The summed E-state index contributed by atoms with van der Waals surface area (Å²) >= 11 is 1.08. The fraction of sp³-hybridized carbons (Fsp3) is 0.318. The molecule has 8 heteroatoms. The maximum Gasteiger partial charge on any atom is 0.325 e. The molecule has 0 saturated heterocycles. The fourth-order valence-electron chi connectivity index (χ4n) is 2.89. The summed E-state index contributed by atoms with van der Waals surface area (Å²) in [6.07, 6.45) is 0.405. The van der Waals surface area contributed by atoms with Crippen molar-refractivity contribution >= 4 is 28.8 Å². The van der Waals surface area contributed by atoms with Crippen molar-refractivity contribution in [2.75, 3.05) is 19.1 Å². The second kappa shape index (κ2) is 10.7. The summed E-state index contributed by atoms with van der Waals surface area (Å²) in [5.41, 5.74) is 1.76. The van der Waals surface area contributed by atoms with Gasteiger partial charge in [0.2, 0.25) is 12.7 Å². The quantitative estimate of drug-likeness (QED) is 0.613. The van der Waals surface area contributed by atoms with Gasteiger partial charge in [-0.15, -0.1) is 0 Å². The molecule has 158 valence electrons. The Labute approximate surface area is 179 Å². The number of hydrogen-bond acceptors (Lipinski definition) is 7. The molecule has 2 aromatic rings. The second-order valence-electron chi connectivity index (χ2n) is 6.76. The fourth-order valence-corrected chi connectivity index (χ4v) is 3.60. The van der Waals surface area contributed by atoms with E-state index in [1.165, 1.54) is 6.92 Å². The van der Waals surface area contributed by atoms with Crippen LogP contribution in [-0.4, -0.2) is 36.1 Å². The number of ether oxygens (including phenoxy) is 3. The zero-order valence-electron chi connectivity index (χ0n) is 16.6. The van der Waals surface area contributed by atoms with E-state index in [0.29, 0.717) is 23.7 Å². The highest BCUT2D eigenvalue weighted by molar-refractivity contribution is 8.13. The van der Waals surface area contributed by atoms with Gasteiger partial charge in [-0.2, -0.15) is 0 Å². The molecule has 1 heterocycles. The first-order chi connectivity index (χ1) is 14.5. The van der Waals surface area contributed by atoms with E-state index in [1.54, 1.807) is 6.07 Å². The molecule has 0 fully saturated rings. The molecule has 0 aromatic heterocycles. The van der Waals surface area contributed by atoms with Crippen LogP contribution in [0.5, 0.6) is 11.5 Å². The molecule has 0 aliphatic carbocycles. The molecule has 1 atom stereocenters. The minimum Gasteiger partial charge on any atom is -0.460 e. The molecular formula is C22H23NO6S. The topological polar surface area (TPSA) is 90.9 Å². The Morgan fingerprint density at radius 1 is 1.07 bits per heavy atom. The van der Waals surface area contributed by atoms with Crippen LogP contribution in [0, 0.1) is 5.92 Å². The third-order valence-electron chi connectivity index (χ3n) is 4.43. The zero-order chi connectivity index (χ0) is 21.3. The van der Waals surface area contributed by atoms with Gasteiger partial charge in [-0.05, 0) is 29.7 Å². The molecule has 3 rings (SSSR count). The third kappa shape index (κ3) is 6.52. The van der Waals surface area contributed by atoms with Crippen molar-refractivity contribution in [2.24, 2.45) is 5.92 Å². The number of hydrogen-bond donors (Lipinski definition) is 1. The molecule has 1 N–H and O–H groups in total. The van der Waals surface area contributed by atoms with Gasteiger partial charge >= 0.3 is 5.97 Å². The van der Waals surface area contributed by atoms with Crippen molar-refractivity contribution in [1.82, 2.24) is 5.32 Å². The summed E-state index contributed by atoms with van der Waals surface area (Å²) in [6, 6.07) is 14.8. The van der Waals surface area contributed by atoms with E-state index in [-0.39, 0.29) is 31.0 Å². The third-order valence-corrected chi connectivity index (χ3v) is 5.40. The summed E-state index contributed by atoms with van der Waals surface area (Å²) in [6.45, 7) is 1.56. The van der Waals surface area contributed by atoms with E-state index in [2.05, 4.69) is 5.32 Å². The summed E-state index contributed by atoms with van der Waals surface area (Å²) in [7, 11) is 0. The molecule has 1 aliphatic rings. The predicted molar refractivity (Wildman–Crippen MR) is 112 cm³/mol. The van der Waals surface area contributed by atoms with Crippen molar-refractivity contribution in [3.63, 3.8) is 0 Å². The lowest BCUT2D eigenvalue weighted by Crippen LogP contribution is -2.37. The van der Waals surface area contributed by atoms with Crippen LogP contribution in [0.15, 0.2) is 48.5 Å². The van der Waals surface area contributed by atoms with Crippen molar-refractivity contribution in [3.8, 4) is 11.5 Å². The molecule has 30 heavy (non-hydrogen) atoms. The van der Waals surface area contributed by atoms with Crippen LogP contribution in [0.1, 0.15) is 18.1 Å². The van der Waals surface area contributed by atoms with E-state index in [4.69, 9.17) is 14.2 Å². The van der Waals surface area contributed by atoms with Gasteiger partial charge in [-0.3, -0.25) is 14.4 Å². The van der Waals surface area contributed by atoms with Crippen molar-refractivity contribution in [2.45, 2.75) is 20.0 Å². The van der Waals surface area contributed by atoms with E-state index < -0.39 is 11.9 Å². The molecule has 0 radical (unpaired) electrons. The Hall–Kier alpha value is -3.00. The van der Waals surface area contributed by atoms with Crippen molar-refractivity contribution in [3.05, 3.63) is 59.7 Å². The van der Waals surface area contributed by atoms with Crippen LogP contribution in [0.25, 0.3) is 0 Å². The number of nitrogens with one attached hydrogen (secondary N) is 1. The molecule has 0 saturated carbocycles. The molecule has 0 spiro atoms. The minimum absolute atomic E-state index is 0.0687. The largest absolute Gasteiger partial charge is 0.460 e. The number of fused-ring (bicyclic) bond motifs is 1. The van der Waals surface area contributed by atoms with Crippen molar-refractivity contribution in [1.29, 1.82) is 0 Å². The highest BCUT2D eigenvalue weighted by Gasteiger charge is 2.22. The van der Waals surface area contributed by atoms with Gasteiger partial charge in [0.1, 0.15) is 13.2 Å². The first-order valence-corrected chi connectivity index (χ1v) is 10.5. The molecule has 0 bridgehead atoms. The highest BCUT2D eigenvalue weighted by Crippen LogP contribution is 2.33. The van der Waals surface area contributed by atoms with Gasteiger partial charge in [0.05, 0.1) is 5.92 Å². The number of amides is 1. The van der Waals surface area contributed by atoms with Crippen LogP contribution < -0.4 is 14.8 Å². The minimum atomic E-state index is -0.520. The van der Waals surface area contributed by atoms with Gasteiger partial charge in [0, 0.05) is 12.7 Å². The Morgan fingerprint density at radius 2 is 1.83 bits per heavy atom. The number of esters is 1. The lowest BCUT2D eigenvalue weighted by Gasteiger charge is -2.16. The van der Waals surface area contributed by atoms with Gasteiger partial charge in [-0.1, -0.05) is 48.2 Å². The van der Waals surface area contributed by atoms with Gasteiger partial charge in [0.15, 0.2) is 16.6 Å². The van der Waals surface area contributed by atoms with Crippen LogP contribution in [0.2, 0.25) is 0 Å². The second-order valence-corrected chi connectivity index (χ2v) is 7.95. The lowest BCUT2D eigenvalue weighted by atomic mass is 9.99. The first kappa shape index (κ1) is 21.7. The average Bonchev–Trinajstić information content (AvgIpc) is 3.22. The first-order valence-electron chi connectivity index (χ1n) is 9.50. The smallest absolute Gasteiger partial charge is 0.325 e. The monoisotopic (exact) mass is 429 g/mol. The summed E-state index contributed by atoms with van der Waals surface area (Å²) < 4.78 is 15.9.